The first-order valence-corrected chi connectivity index (χ1v) is 10.6. The van der Waals surface area contributed by atoms with Gasteiger partial charge in [0.15, 0.2) is 0 Å². The minimum atomic E-state index is -0.239. The van der Waals surface area contributed by atoms with Crippen molar-refractivity contribution in [2.24, 2.45) is 0 Å². The summed E-state index contributed by atoms with van der Waals surface area (Å²) in [6.07, 6.45) is 14.6. The molecule has 1 spiro atoms. The van der Waals surface area contributed by atoms with Crippen LogP contribution < -0.4 is 0 Å². The van der Waals surface area contributed by atoms with E-state index in [2.05, 4.69) is 16.2 Å². The lowest BCUT2D eigenvalue weighted by Gasteiger charge is -2.54. The number of likely N-dealkylation sites (tertiary alicyclic amines) is 1. The van der Waals surface area contributed by atoms with Gasteiger partial charge in [-0.25, -0.2) is 4.68 Å². The molecule has 3 aliphatic rings. The molecule has 2 aliphatic heterocycles. The molecule has 4 rings (SSSR count). The van der Waals surface area contributed by atoms with Crippen LogP contribution in [0.3, 0.4) is 0 Å². The number of carbonyl (C=O) groups excluding carboxylic acids is 2. The van der Waals surface area contributed by atoms with E-state index in [9.17, 15) is 9.59 Å². The quantitative estimate of drug-likeness (QED) is 0.699. The summed E-state index contributed by atoms with van der Waals surface area (Å²) in [6, 6.07) is 0.301. The molecule has 8 heteroatoms. The number of terminal acetylenes is 1. The van der Waals surface area contributed by atoms with Gasteiger partial charge in [-0.05, 0) is 32.1 Å². The number of ether oxygens (including phenoxy) is 1. The van der Waals surface area contributed by atoms with Gasteiger partial charge in [0, 0.05) is 38.7 Å². The molecular formula is C21H29N5O3. The standard InChI is InChI=1S/C21H29N5O3/c1-2-3-5-19(27)25-15-18(29-16-21(25)8-4-9-21)14-20(28)24-11-6-17(7-12-24)26-13-10-22-23-26/h1,10,13,17-18H,3-9,11-12,14-16H2. The molecule has 1 aromatic heterocycles. The van der Waals surface area contributed by atoms with Gasteiger partial charge in [-0.3, -0.25) is 9.59 Å². The van der Waals surface area contributed by atoms with E-state index in [1.165, 1.54) is 0 Å². The van der Waals surface area contributed by atoms with Crippen LogP contribution in [0.15, 0.2) is 12.4 Å². The van der Waals surface area contributed by atoms with Crippen molar-refractivity contribution in [3.8, 4) is 12.3 Å². The third-order valence-corrected chi connectivity index (χ3v) is 6.65. The molecular weight excluding hydrogens is 370 g/mol. The second kappa shape index (κ2) is 8.54. The molecule has 156 valence electrons. The summed E-state index contributed by atoms with van der Waals surface area (Å²) >= 11 is 0. The Morgan fingerprint density at radius 1 is 1.24 bits per heavy atom. The summed E-state index contributed by atoms with van der Waals surface area (Å²) in [6.45, 7) is 2.45. The zero-order chi connectivity index (χ0) is 20.3. The number of piperidine rings is 1. The van der Waals surface area contributed by atoms with Gasteiger partial charge in [-0.15, -0.1) is 17.4 Å². The Bertz CT molecular complexity index is 760. The first-order valence-electron chi connectivity index (χ1n) is 10.6. The molecule has 2 amide bonds. The lowest BCUT2D eigenvalue weighted by atomic mass is 9.74. The van der Waals surface area contributed by atoms with E-state index < -0.39 is 0 Å². The first-order chi connectivity index (χ1) is 14.1. The highest BCUT2D eigenvalue weighted by Gasteiger charge is 2.49. The molecule has 3 fully saturated rings. The van der Waals surface area contributed by atoms with Gasteiger partial charge in [0.2, 0.25) is 11.8 Å². The van der Waals surface area contributed by atoms with Crippen LogP contribution >= 0.6 is 0 Å². The van der Waals surface area contributed by atoms with Crippen LogP contribution in [0, 0.1) is 12.3 Å². The number of rotatable bonds is 5. The summed E-state index contributed by atoms with van der Waals surface area (Å²) in [5.41, 5.74) is -0.165. The summed E-state index contributed by atoms with van der Waals surface area (Å²) in [5, 5.41) is 7.94. The fourth-order valence-electron chi connectivity index (χ4n) is 4.72. The van der Waals surface area contributed by atoms with Gasteiger partial charge in [-0.2, -0.15) is 0 Å². The van der Waals surface area contributed by atoms with Crippen molar-refractivity contribution in [2.45, 2.75) is 69.1 Å². The van der Waals surface area contributed by atoms with E-state index in [-0.39, 0.29) is 23.5 Å². The average Bonchev–Trinajstić information content (AvgIpc) is 3.25. The molecule has 0 radical (unpaired) electrons. The normalized spacial score (nSPS) is 24.2. The van der Waals surface area contributed by atoms with Gasteiger partial charge in [0.1, 0.15) is 0 Å². The Labute approximate surface area is 171 Å². The third-order valence-electron chi connectivity index (χ3n) is 6.65. The van der Waals surface area contributed by atoms with Crippen molar-refractivity contribution in [3.05, 3.63) is 12.4 Å². The summed E-state index contributed by atoms with van der Waals surface area (Å²) in [5.74, 6) is 2.75. The Morgan fingerprint density at radius 3 is 2.66 bits per heavy atom. The number of amides is 2. The zero-order valence-corrected chi connectivity index (χ0v) is 16.8. The number of hydrogen-bond acceptors (Lipinski definition) is 5. The second-order valence-corrected chi connectivity index (χ2v) is 8.42. The zero-order valence-electron chi connectivity index (χ0n) is 16.8. The van der Waals surface area contributed by atoms with E-state index in [1.807, 2.05) is 20.7 Å². The lowest BCUT2D eigenvalue weighted by Crippen LogP contribution is -2.65. The maximum Gasteiger partial charge on any atom is 0.225 e. The monoisotopic (exact) mass is 399 g/mol. The molecule has 1 unspecified atom stereocenters. The molecule has 2 saturated heterocycles. The Kier molecular flexibility index (Phi) is 5.86. The number of morpholine rings is 1. The fourth-order valence-corrected chi connectivity index (χ4v) is 4.72. The number of carbonyl (C=O) groups is 2. The fraction of sp³-hybridized carbons (Fsp3) is 0.714. The van der Waals surface area contributed by atoms with E-state index in [0.29, 0.717) is 51.5 Å². The van der Waals surface area contributed by atoms with Gasteiger partial charge < -0.3 is 14.5 Å². The predicted molar refractivity (Wildman–Crippen MR) is 106 cm³/mol. The van der Waals surface area contributed by atoms with Crippen LogP contribution in [0.4, 0.5) is 0 Å². The maximum absolute atomic E-state index is 12.8. The Hall–Kier alpha value is -2.40. The van der Waals surface area contributed by atoms with Crippen LogP contribution in [0.5, 0.6) is 0 Å². The SMILES string of the molecule is C#CCCC(=O)N1CC(CC(=O)N2CCC(n3ccnn3)CC2)OCC12CCC2. The van der Waals surface area contributed by atoms with Crippen molar-refractivity contribution in [1.29, 1.82) is 0 Å². The molecule has 0 aromatic carbocycles. The number of aromatic nitrogens is 3. The molecule has 0 bridgehead atoms. The molecule has 0 N–H and O–H groups in total. The second-order valence-electron chi connectivity index (χ2n) is 8.42. The minimum Gasteiger partial charge on any atom is -0.373 e. The largest absolute Gasteiger partial charge is 0.373 e. The van der Waals surface area contributed by atoms with Gasteiger partial charge in [0.25, 0.3) is 0 Å². The molecule has 1 atom stereocenters. The van der Waals surface area contributed by atoms with Gasteiger partial charge in [-0.1, -0.05) is 5.21 Å². The van der Waals surface area contributed by atoms with Crippen LogP contribution in [-0.4, -0.2) is 74.5 Å². The van der Waals surface area contributed by atoms with Crippen molar-refractivity contribution in [2.75, 3.05) is 26.2 Å². The Balaban J connectivity index is 1.30. The number of hydrogen-bond donors (Lipinski definition) is 0. The highest BCUT2D eigenvalue weighted by atomic mass is 16.5. The van der Waals surface area contributed by atoms with E-state index in [1.54, 1.807) is 6.20 Å². The summed E-state index contributed by atoms with van der Waals surface area (Å²) in [7, 11) is 0. The van der Waals surface area contributed by atoms with Crippen LogP contribution in [0.1, 0.15) is 57.4 Å². The van der Waals surface area contributed by atoms with Gasteiger partial charge >= 0.3 is 0 Å². The van der Waals surface area contributed by atoms with E-state index in [4.69, 9.17) is 11.2 Å². The molecule has 3 heterocycles. The Morgan fingerprint density at radius 2 is 2.03 bits per heavy atom. The summed E-state index contributed by atoms with van der Waals surface area (Å²) < 4.78 is 7.94. The minimum absolute atomic E-state index is 0.0945. The van der Waals surface area contributed by atoms with Crippen LogP contribution in [0.2, 0.25) is 0 Å². The van der Waals surface area contributed by atoms with Crippen molar-refractivity contribution >= 4 is 11.8 Å². The summed E-state index contributed by atoms with van der Waals surface area (Å²) in [4.78, 5) is 29.4. The maximum atomic E-state index is 12.8. The number of nitrogens with zero attached hydrogens (tertiary/aromatic N) is 5. The topological polar surface area (TPSA) is 80.6 Å². The molecule has 1 aliphatic carbocycles. The van der Waals surface area contributed by atoms with Crippen LogP contribution in [-0.2, 0) is 14.3 Å². The average molecular weight is 399 g/mol. The van der Waals surface area contributed by atoms with E-state index in [0.717, 1.165) is 32.1 Å². The first kappa shape index (κ1) is 19.9. The van der Waals surface area contributed by atoms with Gasteiger partial charge in [0.05, 0.1) is 36.9 Å². The van der Waals surface area contributed by atoms with Crippen molar-refractivity contribution in [3.63, 3.8) is 0 Å². The predicted octanol–water partition coefficient (Wildman–Crippen LogP) is 1.40. The highest BCUT2D eigenvalue weighted by Crippen LogP contribution is 2.41. The van der Waals surface area contributed by atoms with Crippen LogP contribution in [0.25, 0.3) is 0 Å². The van der Waals surface area contributed by atoms with Crippen molar-refractivity contribution in [1.82, 2.24) is 24.8 Å². The molecule has 1 aromatic rings. The van der Waals surface area contributed by atoms with E-state index >= 15 is 0 Å². The highest BCUT2D eigenvalue weighted by molar-refractivity contribution is 5.79. The van der Waals surface area contributed by atoms with Crippen molar-refractivity contribution < 1.29 is 14.3 Å². The lowest BCUT2D eigenvalue weighted by molar-refractivity contribution is -0.174. The third kappa shape index (κ3) is 4.15. The molecule has 1 saturated carbocycles. The smallest absolute Gasteiger partial charge is 0.225 e. The molecule has 8 nitrogen and oxygen atoms in total. The molecule has 29 heavy (non-hydrogen) atoms.